The van der Waals surface area contributed by atoms with E-state index in [0.717, 1.165) is 15.4 Å². The summed E-state index contributed by atoms with van der Waals surface area (Å²) in [5, 5.41) is 9.09. The van der Waals surface area contributed by atoms with Crippen molar-refractivity contribution in [2.75, 3.05) is 0 Å². The van der Waals surface area contributed by atoms with Crippen molar-refractivity contribution in [3.05, 3.63) is 26.8 Å². The summed E-state index contributed by atoms with van der Waals surface area (Å²) in [6.07, 6.45) is 0.745. The summed E-state index contributed by atoms with van der Waals surface area (Å²) in [6, 6.07) is 3.09. The van der Waals surface area contributed by atoms with Crippen LogP contribution >= 0.6 is 22.6 Å². The second kappa shape index (κ2) is 3.21. The van der Waals surface area contributed by atoms with Crippen molar-refractivity contribution >= 4 is 28.9 Å². The fourth-order valence-electron chi connectivity index (χ4n) is 0.863. The van der Waals surface area contributed by atoms with Crippen molar-refractivity contribution in [3.8, 4) is 5.75 Å². The number of phenolic OH excluding ortho intramolecular Hbond substituents is 1. The molecule has 0 radical (unpaired) electrons. The highest BCUT2D eigenvalue weighted by Gasteiger charge is 2.02. The molecule has 1 aromatic carbocycles. The summed E-state index contributed by atoms with van der Waals surface area (Å²) in [6.45, 7) is 1.86. The van der Waals surface area contributed by atoms with Crippen molar-refractivity contribution in [2.24, 2.45) is 0 Å². The second-order valence-corrected chi connectivity index (χ2v) is 3.36. The van der Waals surface area contributed by atoms with Gasteiger partial charge in [-0.3, -0.25) is 4.79 Å². The minimum atomic E-state index is 0.144. The van der Waals surface area contributed by atoms with Gasteiger partial charge in [0, 0.05) is 9.13 Å². The molecular formula is C8H7IO2. The Bertz CT molecular complexity index is 294. The molecule has 1 N–H and O–H groups in total. The van der Waals surface area contributed by atoms with Gasteiger partial charge in [0.2, 0.25) is 0 Å². The SMILES string of the molecule is Cc1cc(O)cc(C=O)c1I. The van der Waals surface area contributed by atoms with Gasteiger partial charge < -0.3 is 5.11 Å². The molecule has 0 aliphatic carbocycles. The van der Waals surface area contributed by atoms with Crippen molar-refractivity contribution in [3.63, 3.8) is 0 Å². The maximum absolute atomic E-state index is 10.4. The van der Waals surface area contributed by atoms with E-state index >= 15 is 0 Å². The van der Waals surface area contributed by atoms with E-state index in [9.17, 15) is 4.79 Å². The molecule has 11 heavy (non-hydrogen) atoms. The van der Waals surface area contributed by atoms with Gasteiger partial charge in [0.25, 0.3) is 0 Å². The molecule has 0 bridgehead atoms. The van der Waals surface area contributed by atoms with Crippen LogP contribution in [0.5, 0.6) is 5.75 Å². The Balaban J connectivity index is 3.35. The van der Waals surface area contributed by atoms with Crippen molar-refractivity contribution in [2.45, 2.75) is 6.92 Å². The first-order chi connectivity index (χ1) is 5.15. The summed E-state index contributed by atoms with van der Waals surface area (Å²) in [5.41, 5.74) is 1.47. The van der Waals surface area contributed by atoms with Gasteiger partial charge in [-0.1, -0.05) is 0 Å². The number of rotatable bonds is 1. The molecule has 0 saturated heterocycles. The molecule has 0 amide bonds. The van der Waals surface area contributed by atoms with E-state index in [1.165, 1.54) is 6.07 Å². The highest BCUT2D eigenvalue weighted by Crippen LogP contribution is 2.21. The van der Waals surface area contributed by atoms with Gasteiger partial charge in [-0.25, -0.2) is 0 Å². The van der Waals surface area contributed by atoms with E-state index in [2.05, 4.69) is 22.6 Å². The molecule has 0 heterocycles. The molecule has 0 aliphatic rings. The van der Waals surface area contributed by atoms with E-state index in [4.69, 9.17) is 5.11 Å². The Hall–Kier alpha value is -0.580. The Labute approximate surface area is 78.4 Å². The molecule has 0 saturated carbocycles. The molecule has 0 spiro atoms. The predicted molar refractivity (Wildman–Crippen MR) is 50.9 cm³/mol. The Morgan fingerprint density at radius 2 is 2.18 bits per heavy atom. The van der Waals surface area contributed by atoms with Crippen molar-refractivity contribution in [1.82, 2.24) is 0 Å². The highest BCUT2D eigenvalue weighted by molar-refractivity contribution is 14.1. The Morgan fingerprint density at radius 1 is 1.55 bits per heavy atom. The molecule has 0 fully saturated rings. The zero-order chi connectivity index (χ0) is 8.43. The summed E-state index contributed by atoms with van der Waals surface area (Å²) in [7, 11) is 0. The zero-order valence-corrected chi connectivity index (χ0v) is 8.12. The average molecular weight is 262 g/mol. The van der Waals surface area contributed by atoms with Crippen LogP contribution in [-0.4, -0.2) is 11.4 Å². The highest BCUT2D eigenvalue weighted by atomic mass is 127. The number of aromatic hydroxyl groups is 1. The lowest BCUT2D eigenvalue weighted by molar-refractivity contribution is 0.112. The van der Waals surface area contributed by atoms with Crippen LogP contribution in [0.15, 0.2) is 12.1 Å². The molecule has 58 valence electrons. The average Bonchev–Trinajstić information content (AvgIpc) is 1.96. The third-order valence-corrected chi connectivity index (χ3v) is 2.87. The molecule has 3 heteroatoms. The lowest BCUT2D eigenvalue weighted by atomic mass is 10.1. The largest absolute Gasteiger partial charge is 0.508 e. The van der Waals surface area contributed by atoms with Crippen LogP contribution in [0.2, 0.25) is 0 Å². The molecule has 0 atom stereocenters. The first-order valence-electron chi connectivity index (χ1n) is 3.09. The topological polar surface area (TPSA) is 37.3 Å². The lowest BCUT2D eigenvalue weighted by Gasteiger charge is -2.01. The summed E-state index contributed by atoms with van der Waals surface area (Å²) >= 11 is 2.08. The first-order valence-corrected chi connectivity index (χ1v) is 4.17. The van der Waals surface area contributed by atoms with Crippen molar-refractivity contribution in [1.29, 1.82) is 0 Å². The molecule has 0 aliphatic heterocycles. The number of carbonyl (C=O) groups is 1. The minimum absolute atomic E-state index is 0.144. The normalized spacial score (nSPS) is 9.64. The molecular weight excluding hydrogens is 255 g/mol. The van der Waals surface area contributed by atoms with Crippen LogP contribution in [0.1, 0.15) is 15.9 Å². The van der Waals surface area contributed by atoms with Crippen LogP contribution in [0.25, 0.3) is 0 Å². The number of hydrogen-bond donors (Lipinski definition) is 1. The number of phenols is 1. The number of hydrogen-bond acceptors (Lipinski definition) is 2. The molecule has 0 aromatic heterocycles. The zero-order valence-electron chi connectivity index (χ0n) is 5.97. The maximum Gasteiger partial charge on any atom is 0.151 e. The maximum atomic E-state index is 10.4. The number of benzene rings is 1. The number of aryl methyl sites for hydroxylation is 1. The van der Waals surface area contributed by atoms with Crippen LogP contribution in [-0.2, 0) is 0 Å². The van der Waals surface area contributed by atoms with Gasteiger partial charge in [0.15, 0.2) is 6.29 Å². The van der Waals surface area contributed by atoms with E-state index in [1.54, 1.807) is 6.07 Å². The van der Waals surface area contributed by atoms with Crippen LogP contribution < -0.4 is 0 Å². The molecule has 1 rings (SSSR count). The van der Waals surface area contributed by atoms with Crippen LogP contribution in [0.4, 0.5) is 0 Å². The van der Waals surface area contributed by atoms with Gasteiger partial charge >= 0.3 is 0 Å². The lowest BCUT2D eigenvalue weighted by Crippen LogP contribution is -1.88. The number of carbonyl (C=O) groups excluding carboxylic acids is 1. The molecule has 2 nitrogen and oxygen atoms in total. The number of halogens is 1. The summed E-state index contributed by atoms with van der Waals surface area (Å²) in [5.74, 6) is 0.144. The quantitative estimate of drug-likeness (QED) is 0.621. The monoisotopic (exact) mass is 262 g/mol. The Kier molecular flexibility index (Phi) is 2.49. The molecule has 0 unspecified atom stereocenters. The van der Waals surface area contributed by atoms with E-state index in [0.29, 0.717) is 5.56 Å². The third-order valence-electron chi connectivity index (χ3n) is 1.39. The van der Waals surface area contributed by atoms with E-state index in [1.807, 2.05) is 6.92 Å². The standard InChI is InChI=1S/C8H7IO2/c1-5-2-7(11)3-6(4-10)8(5)9/h2-4,11H,1H3. The third kappa shape index (κ3) is 1.71. The van der Waals surface area contributed by atoms with Crippen LogP contribution in [0.3, 0.4) is 0 Å². The first kappa shape index (κ1) is 8.52. The van der Waals surface area contributed by atoms with Gasteiger partial charge in [-0.15, -0.1) is 0 Å². The molecule has 1 aromatic rings. The van der Waals surface area contributed by atoms with E-state index in [-0.39, 0.29) is 5.75 Å². The predicted octanol–water partition coefficient (Wildman–Crippen LogP) is 2.12. The van der Waals surface area contributed by atoms with Gasteiger partial charge in [-0.05, 0) is 47.2 Å². The van der Waals surface area contributed by atoms with E-state index < -0.39 is 0 Å². The smallest absolute Gasteiger partial charge is 0.151 e. The summed E-state index contributed by atoms with van der Waals surface area (Å²) < 4.78 is 0.899. The number of aldehydes is 1. The van der Waals surface area contributed by atoms with Gasteiger partial charge in [0.1, 0.15) is 5.75 Å². The van der Waals surface area contributed by atoms with Gasteiger partial charge in [-0.2, -0.15) is 0 Å². The second-order valence-electron chi connectivity index (χ2n) is 2.28. The summed E-state index contributed by atoms with van der Waals surface area (Å²) in [4.78, 5) is 10.4. The fourth-order valence-corrected chi connectivity index (χ4v) is 1.30. The van der Waals surface area contributed by atoms with Crippen molar-refractivity contribution < 1.29 is 9.90 Å². The van der Waals surface area contributed by atoms with Gasteiger partial charge in [0.05, 0.1) is 0 Å². The minimum Gasteiger partial charge on any atom is -0.508 e. The van der Waals surface area contributed by atoms with Crippen LogP contribution in [0, 0.1) is 10.5 Å². The Morgan fingerprint density at radius 3 is 2.73 bits per heavy atom. The fraction of sp³-hybridized carbons (Fsp3) is 0.125.